The van der Waals surface area contributed by atoms with E-state index in [1.165, 1.54) is 8.99 Å². The van der Waals surface area contributed by atoms with E-state index in [-0.39, 0.29) is 41.2 Å². The third-order valence-electron chi connectivity index (χ3n) is 7.34. The van der Waals surface area contributed by atoms with E-state index in [2.05, 4.69) is 10.1 Å². The molecule has 14 heteroatoms. The summed E-state index contributed by atoms with van der Waals surface area (Å²) in [7, 11) is -2.09. The number of carbonyl (C=O) groups excluding carboxylic acids is 2. The molecule has 0 bridgehead atoms. The summed E-state index contributed by atoms with van der Waals surface area (Å²) in [5.41, 5.74) is 7.29. The van der Waals surface area contributed by atoms with Crippen LogP contribution >= 0.6 is 11.6 Å². The minimum absolute atomic E-state index is 0.0169. The van der Waals surface area contributed by atoms with Crippen molar-refractivity contribution >= 4 is 45.4 Å². The van der Waals surface area contributed by atoms with E-state index in [1.807, 2.05) is 12.1 Å². The third kappa shape index (κ3) is 5.83. The molecule has 3 heterocycles. The molecular weight excluding hydrogens is 568 g/mol. The number of halogens is 1. The van der Waals surface area contributed by atoms with Crippen LogP contribution in [0.2, 0.25) is 5.02 Å². The number of nitrogens with zero attached hydrogens (tertiary/aromatic N) is 6. The van der Waals surface area contributed by atoms with Crippen molar-refractivity contribution in [2.24, 2.45) is 5.73 Å². The Balaban J connectivity index is 1.43. The molecule has 1 aromatic heterocycles. The highest BCUT2D eigenvalue weighted by atomic mass is 35.5. The zero-order valence-electron chi connectivity index (χ0n) is 22.5. The number of piperidine rings is 1. The molecule has 2 aliphatic rings. The van der Waals surface area contributed by atoms with Gasteiger partial charge in [0.25, 0.3) is 5.91 Å². The van der Waals surface area contributed by atoms with Crippen molar-refractivity contribution in [1.29, 1.82) is 5.41 Å². The molecule has 41 heavy (non-hydrogen) atoms. The van der Waals surface area contributed by atoms with E-state index in [9.17, 15) is 18.0 Å². The summed E-state index contributed by atoms with van der Waals surface area (Å²) in [5.74, 6) is -0.958. The summed E-state index contributed by atoms with van der Waals surface area (Å²) >= 11 is 6.32. The highest BCUT2D eigenvalue weighted by Crippen LogP contribution is 2.31. The molecule has 0 radical (unpaired) electrons. The van der Waals surface area contributed by atoms with Crippen LogP contribution in [-0.2, 0) is 21.5 Å². The molecule has 12 nitrogen and oxygen atoms in total. The van der Waals surface area contributed by atoms with Crippen LogP contribution in [0.4, 0.5) is 5.95 Å². The Morgan fingerprint density at radius 1 is 1.12 bits per heavy atom. The summed E-state index contributed by atoms with van der Waals surface area (Å²) in [6, 6.07) is 13.8. The number of aromatic nitrogens is 3. The third-order valence-corrected chi connectivity index (χ3v) is 9.63. The Morgan fingerprint density at radius 2 is 1.80 bits per heavy atom. The predicted octanol–water partition coefficient (Wildman–Crippen LogP) is 2.59. The summed E-state index contributed by atoms with van der Waals surface area (Å²) in [6.07, 6.45) is 1.80. The van der Waals surface area contributed by atoms with E-state index in [1.54, 1.807) is 48.3 Å². The highest BCUT2D eigenvalue weighted by Gasteiger charge is 2.40. The number of hydrogen-bond donors (Lipinski definition) is 2. The van der Waals surface area contributed by atoms with Gasteiger partial charge in [0.1, 0.15) is 5.84 Å². The van der Waals surface area contributed by atoms with Gasteiger partial charge in [0.2, 0.25) is 11.9 Å². The zero-order valence-corrected chi connectivity index (χ0v) is 24.1. The lowest BCUT2D eigenvalue weighted by molar-refractivity contribution is -0.128. The largest absolute Gasteiger partial charge is 0.384 e. The van der Waals surface area contributed by atoms with E-state index < -0.39 is 27.9 Å². The zero-order chi connectivity index (χ0) is 29.3. The number of nitrogens with two attached hydrogens (primary N) is 1. The van der Waals surface area contributed by atoms with E-state index in [4.69, 9.17) is 22.7 Å². The molecule has 0 spiro atoms. The molecule has 3 N–H and O–H groups in total. The highest BCUT2D eigenvalue weighted by molar-refractivity contribution is 7.87. The number of nitrogen functional groups attached to an aromatic ring is 1. The average molecular weight is 599 g/mol. The Labute approximate surface area is 243 Å². The van der Waals surface area contributed by atoms with Crippen LogP contribution in [0.25, 0.3) is 0 Å². The van der Waals surface area contributed by atoms with Gasteiger partial charge in [-0.1, -0.05) is 48.0 Å². The quantitative estimate of drug-likeness (QED) is 0.296. The van der Waals surface area contributed by atoms with Crippen LogP contribution in [0.15, 0.2) is 48.5 Å². The molecule has 3 aromatic rings. The number of benzene rings is 2. The Hall–Kier alpha value is -3.81. The molecule has 2 aliphatic heterocycles. The van der Waals surface area contributed by atoms with Crippen LogP contribution in [0, 0.1) is 5.41 Å². The molecule has 0 aliphatic carbocycles. The van der Waals surface area contributed by atoms with Gasteiger partial charge in [0.15, 0.2) is 5.82 Å². The molecule has 2 fully saturated rings. The normalized spacial score (nSPS) is 18.0. The average Bonchev–Trinajstić information content (AvgIpc) is 3.65. The first kappa shape index (κ1) is 28.7. The summed E-state index contributed by atoms with van der Waals surface area (Å²) in [5, 5.41) is 12.4. The number of carbonyl (C=O) groups is 2. The minimum atomic E-state index is -3.86. The molecule has 2 saturated heterocycles. The van der Waals surface area contributed by atoms with Crippen molar-refractivity contribution in [1.82, 2.24) is 23.4 Å². The molecule has 1 amide bonds. The second kappa shape index (κ2) is 11.6. The first-order valence-corrected chi connectivity index (χ1v) is 15.0. The predicted molar refractivity (Wildman–Crippen MR) is 154 cm³/mol. The van der Waals surface area contributed by atoms with Gasteiger partial charge >= 0.3 is 10.2 Å². The molecular formula is C27H31ClN8O4S. The van der Waals surface area contributed by atoms with Crippen LogP contribution in [0.5, 0.6) is 0 Å². The maximum atomic E-state index is 13.6. The van der Waals surface area contributed by atoms with Crippen molar-refractivity contribution < 1.29 is 18.0 Å². The number of nitrogens with one attached hydrogen (secondary N) is 1. The lowest BCUT2D eigenvalue weighted by Crippen LogP contribution is -2.48. The summed E-state index contributed by atoms with van der Waals surface area (Å²) < 4.78 is 29.5. The fraction of sp³-hybridized carbons (Fsp3) is 0.370. The number of anilines is 1. The van der Waals surface area contributed by atoms with Gasteiger partial charge in [-0.3, -0.25) is 15.0 Å². The van der Waals surface area contributed by atoms with Crippen molar-refractivity contribution in [3.05, 3.63) is 76.1 Å². The number of amides is 1. The van der Waals surface area contributed by atoms with Crippen molar-refractivity contribution in [2.75, 3.05) is 31.6 Å². The second-order valence-electron chi connectivity index (χ2n) is 10.2. The van der Waals surface area contributed by atoms with Crippen molar-refractivity contribution in [2.45, 2.75) is 38.1 Å². The van der Waals surface area contributed by atoms with E-state index >= 15 is 0 Å². The SMILES string of the molecule is CN(Cc1ccc(C(=N)N)cc1)c1nc(C2CCN(S(=O)(=O)N3CCCC3)C(=O)C2)nn1C(=O)c1ccccc1Cl. The number of rotatable bonds is 8. The van der Waals surface area contributed by atoms with E-state index in [0.717, 1.165) is 22.7 Å². The van der Waals surface area contributed by atoms with Gasteiger partial charge in [0, 0.05) is 51.1 Å². The Kier molecular flexibility index (Phi) is 8.11. The lowest BCUT2D eigenvalue weighted by atomic mass is 9.97. The van der Waals surface area contributed by atoms with Gasteiger partial charge in [-0.25, -0.2) is 4.31 Å². The van der Waals surface area contributed by atoms with Gasteiger partial charge in [-0.2, -0.15) is 22.4 Å². The van der Waals surface area contributed by atoms with E-state index in [0.29, 0.717) is 31.6 Å². The molecule has 2 aromatic carbocycles. The Morgan fingerprint density at radius 3 is 2.44 bits per heavy atom. The van der Waals surface area contributed by atoms with Crippen LogP contribution in [0.3, 0.4) is 0 Å². The smallest absolute Gasteiger partial charge is 0.306 e. The fourth-order valence-corrected chi connectivity index (χ4v) is 6.98. The van der Waals surface area contributed by atoms with Gasteiger partial charge in [-0.15, -0.1) is 5.10 Å². The topological polar surface area (TPSA) is 159 Å². The van der Waals surface area contributed by atoms with Crippen LogP contribution in [0.1, 0.15) is 58.9 Å². The maximum absolute atomic E-state index is 13.6. The molecule has 1 unspecified atom stereocenters. The summed E-state index contributed by atoms with van der Waals surface area (Å²) in [6.45, 7) is 1.21. The first-order valence-electron chi connectivity index (χ1n) is 13.3. The van der Waals surface area contributed by atoms with Gasteiger partial charge < -0.3 is 10.6 Å². The number of hydrogen-bond acceptors (Lipinski definition) is 8. The standard InChI is InChI=1S/C27H31ClN8O4S/c1-33(17-18-8-10-19(11-9-18)24(29)30)27-31-25(32-36(27)26(38)21-6-2-3-7-22(21)28)20-12-15-35(23(37)16-20)41(39,40)34-13-4-5-14-34/h2-3,6-11,20H,4-5,12-17H2,1H3,(H3,29,30). The van der Waals surface area contributed by atoms with Crippen molar-refractivity contribution in [3.8, 4) is 0 Å². The molecule has 5 rings (SSSR count). The molecule has 216 valence electrons. The second-order valence-corrected chi connectivity index (χ2v) is 12.5. The van der Waals surface area contributed by atoms with Crippen LogP contribution in [-0.4, -0.2) is 76.1 Å². The van der Waals surface area contributed by atoms with Gasteiger partial charge in [0.05, 0.1) is 10.6 Å². The molecule has 1 atom stereocenters. The van der Waals surface area contributed by atoms with Crippen molar-refractivity contribution in [3.63, 3.8) is 0 Å². The number of amidine groups is 1. The molecule has 0 saturated carbocycles. The lowest BCUT2D eigenvalue weighted by Gasteiger charge is -2.32. The fourth-order valence-electron chi connectivity index (χ4n) is 5.09. The maximum Gasteiger partial charge on any atom is 0.306 e. The summed E-state index contributed by atoms with van der Waals surface area (Å²) in [4.78, 5) is 33.1. The minimum Gasteiger partial charge on any atom is -0.384 e. The first-order chi connectivity index (χ1) is 19.6. The Bertz CT molecular complexity index is 1580. The van der Waals surface area contributed by atoms with Crippen LogP contribution < -0.4 is 10.6 Å². The van der Waals surface area contributed by atoms with Gasteiger partial charge in [-0.05, 0) is 37.0 Å². The monoisotopic (exact) mass is 598 g/mol.